The second kappa shape index (κ2) is 9.97. The van der Waals surface area contributed by atoms with Crippen LogP contribution in [0, 0.1) is 5.82 Å². The number of halogens is 2. The van der Waals surface area contributed by atoms with E-state index in [1.165, 1.54) is 36.4 Å². The van der Waals surface area contributed by atoms with Crippen LogP contribution in [-0.2, 0) is 21.2 Å². The van der Waals surface area contributed by atoms with Crippen LogP contribution < -0.4 is 5.32 Å². The van der Waals surface area contributed by atoms with Gasteiger partial charge in [0.25, 0.3) is 0 Å². The van der Waals surface area contributed by atoms with E-state index in [1.54, 1.807) is 12.1 Å². The maximum absolute atomic E-state index is 13.2. The molecule has 0 aromatic heterocycles. The summed E-state index contributed by atoms with van der Waals surface area (Å²) in [6.45, 7) is -0.220. The van der Waals surface area contributed by atoms with Crippen molar-refractivity contribution in [2.24, 2.45) is 0 Å². The number of nitrogens with zero attached hydrogens (tertiary/aromatic N) is 1. The molecule has 0 saturated heterocycles. The summed E-state index contributed by atoms with van der Waals surface area (Å²) in [7, 11) is -3.89. The third kappa shape index (κ3) is 5.98. The Kier molecular flexibility index (Phi) is 7.36. The first-order chi connectivity index (χ1) is 14.3. The zero-order valence-electron chi connectivity index (χ0n) is 16.0. The van der Waals surface area contributed by atoms with Gasteiger partial charge in [0, 0.05) is 16.7 Å². The van der Waals surface area contributed by atoms with Gasteiger partial charge in [-0.05, 0) is 60.5 Å². The molecule has 0 atom stereocenters. The fourth-order valence-corrected chi connectivity index (χ4v) is 4.49. The Labute approximate surface area is 183 Å². The molecule has 30 heavy (non-hydrogen) atoms. The normalized spacial score (nSPS) is 11.4. The molecule has 0 bridgehead atoms. The van der Waals surface area contributed by atoms with Gasteiger partial charge in [-0.3, -0.25) is 4.79 Å². The minimum absolute atomic E-state index is 0.105. The first-order valence-electron chi connectivity index (χ1n) is 9.20. The van der Waals surface area contributed by atoms with Crippen molar-refractivity contribution in [2.75, 3.05) is 18.4 Å². The second-order valence-corrected chi connectivity index (χ2v) is 9.44. The quantitative estimate of drug-likeness (QED) is 0.506. The molecule has 1 amide bonds. The summed E-state index contributed by atoms with van der Waals surface area (Å²) < 4.78 is 41.3. The highest BCUT2D eigenvalue weighted by Gasteiger charge is 2.26. The van der Waals surface area contributed by atoms with Crippen LogP contribution >= 0.6 is 15.9 Å². The summed E-state index contributed by atoms with van der Waals surface area (Å²) >= 11 is 3.29. The van der Waals surface area contributed by atoms with Gasteiger partial charge in [0.1, 0.15) is 5.82 Å². The SMILES string of the molecule is O=C(CN(CCc1ccccc1)S(=O)(=O)c1ccc(Br)cc1)Nc1ccc(F)cc1. The highest BCUT2D eigenvalue weighted by atomic mass is 79.9. The number of amides is 1. The zero-order chi connectivity index (χ0) is 21.6. The third-order valence-electron chi connectivity index (χ3n) is 4.39. The van der Waals surface area contributed by atoms with Gasteiger partial charge < -0.3 is 5.32 Å². The molecule has 0 unspecified atom stereocenters. The summed E-state index contributed by atoms with van der Waals surface area (Å²) in [6, 6.07) is 21.0. The Morgan fingerprint density at radius 1 is 0.933 bits per heavy atom. The molecule has 0 radical (unpaired) electrons. The molecule has 0 aliphatic rings. The van der Waals surface area contributed by atoms with E-state index in [2.05, 4.69) is 21.2 Å². The number of rotatable bonds is 8. The number of hydrogen-bond acceptors (Lipinski definition) is 3. The molecule has 156 valence electrons. The maximum Gasteiger partial charge on any atom is 0.243 e. The summed E-state index contributed by atoms with van der Waals surface area (Å²) in [5.74, 6) is -0.925. The van der Waals surface area contributed by atoms with Crippen molar-refractivity contribution in [3.8, 4) is 0 Å². The Balaban J connectivity index is 1.79. The highest BCUT2D eigenvalue weighted by molar-refractivity contribution is 9.10. The monoisotopic (exact) mass is 490 g/mol. The minimum Gasteiger partial charge on any atom is -0.325 e. The molecule has 3 aromatic carbocycles. The first kappa shape index (κ1) is 22.1. The average molecular weight is 491 g/mol. The van der Waals surface area contributed by atoms with Crippen molar-refractivity contribution in [2.45, 2.75) is 11.3 Å². The lowest BCUT2D eigenvalue weighted by Crippen LogP contribution is -2.39. The Bertz CT molecular complexity index is 1090. The van der Waals surface area contributed by atoms with Gasteiger partial charge in [-0.2, -0.15) is 4.31 Å². The van der Waals surface area contributed by atoms with Gasteiger partial charge in [-0.15, -0.1) is 0 Å². The van der Waals surface area contributed by atoms with Crippen molar-refractivity contribution in [1.82, 2.24) is 4.31 Å². The Morgan fingerprint density at radius 2 is 1.57 bits per heavy atom. The number of sulfonamides is 1. The lowest BCUT2D eigenvalue weighted by molar-refractivity contribution is -0.116. The molecule has 8 heteroatoms. The van der Waals surface area contributed by atoms with Gasteiger partial charge in [-0.1, -0.05) is 46.3 Å². The van der Waals surface area contributed by atoms with Crippen LogP contribution in [0.1, 0.15) is 5.56 Å². The minimum atomic E-state index is -3.89. The van der Waals surface area contributed by atoms with E-state index in [0.29, 0.717) is 12.1 Å². The van der Waals surface area contributed by atoms with Crippen molar-refractivity contribution in [3.05, 3.63) is 94.7 Å². The molecule has 0 heterocycles. The van der Waals surface area contributed by atoms with Crippen molar-refractivity contribution in [1.29, 1.82) is 0 Å². The maximum atomic E-state index is 13.2. The smallest absolute Gasteiger partial charge is 0.243 e. The fraction of sp³-hybridized carbons (Fsp3) is 0.136. The van der Waals surface area contributed by atoms with Crippen LogP contribution in [0.25, 0.3) is 0 Å². The van der Waals surface area contributed by atoms with Crippen molar-refractivity contribution >= 4 is 37.5 Å². The predicted molar refractivity (Wildman–Crippen MR) is 118 cm³/mol. The summed E-state index contributed by atoms with van der Waals surface area (Å²) in [6.07, 6.45) is 0.459. The van der Waals surface area contributed by atoms with E-state index in [-0.39, 0.29) is 18.0 Å². The molecule has 0 saturated carbocycles. The molecule has 5 nitrogen and oxygen atoms in total. The topological polar surface area (TPSA) is 66.5 Å². The highest BCUT2D eigenvalue weighted by Crippen LogP contribution is 2.20. The molecule has 0 aliphatic carbocycles. The lowest BCUT2D eigenvalue weighted by Gasteiger charge is -2.22. The number of carbonyl (C=O) groups is 1. The first-order valence-corrected chi connectivity index (χ1v) is 11.4. The largest absolute Gasteiger partial charge is 0.325 e. The van der Waals surface area contributed by atoms with Gasteiger partial charge in [0.2, 0.25) is 15.9 Å². The van der Waals surface area contributed by atoms with E-state index >= 15 is 0 Å². The van der Waals surface area contributed by atoms with E-state index < -0.39 is 21.7 Å². The number of nitrogens with one attached hydrogen (secondary N) is 1. The summed E-state index contributed by atoms with van der Waals surface area (Å²) in [5, 5.41) is 2.61. The summed E-state index contributed by atoms with van der Waals surface area (Å²) in [4.78, 5) is 12.6. The van der Waals surface area contributed by atoms with Crippen LogP contribution in [0.3, 0.4) is 0 Å². The van der Waals surface area contributed by atoms with Crippen molar-refractivity contribution < 1.29 is 17.6 Å². The van der Waals surface area contributed by atoms with Gasteiger partial charge in [0.15, 0.2) is 0 Å². The van der Waals surface area contributed by atoms with Crippen LogP contribution in [-0.4, -0.2) is 31.7 Å². The Morgan fingerprint density at radius 3 is 2.20 bits per heavy atom. The number of anilines is 1. The fourth-order valence-electron chi connectivity index (χ4n) is 2.83. The number of hydrogen-bond donors (Lipinski definition) is 1. The number of benzene rings is 3. The average Bonchev–Trinajstić information content (AvgIpc) is 2.73. The zero-order valence-corrected chi connectivity index (χ0v) is 18.4. The van der Waals surface area contributed by atoms with Crippen LogP contribution in [0.2, 0.25) is 0 Å². The summed E-state index contributed by atoms with van der Waals surface area (Å²) in [5.41, 5.74) is 1.36. The molecule has 3 aromatic rings. The lowest BCUT2D eigenvalue weighted by atomic mass is 10.1. The standard InChI is InChI=1S/C22H20BrFN2O3S/c23-18-6-12-21(13-7-18)30(28,29)26(15-14-17-4-2-1-3-5-17)16-22(27)25-20-10-8-19(24)9-11-20/h1-13H,14-16H2,(H,25,27). The van der Waals surface area contributed by atoms with E-state index in [9.17, 15) is 17.6 Å². The van der Waals surface area contributed by atoms with E-state index in [0.717, 1.165) is 14.3 Å². The molecule has 1 N–H and O–H groups in total. The predicted octanol–water partition coefficient (Wildman–Crippen LogP) is 4.46. The van der Waals surface area contributed by atoms with Gasteiger partial charge in [-0.25, -0.2) is 12.8 Å². The number of carbonyl (C=O) groups excluding carboxylic acids is 1. The molecule has 0 spiro atoms. The van der Waals surface area contributed by atoms with Crippen LogP contribution in [0.5, 0.6) is 0 Å². The molecular formula is C22H20BrFN2O3S. The third-order valence-corrected chi connectivity index (χ3v) is 6.78. The second-order valence-electron chi connectivity index (χ2n) is 6.58. The van der Waals surface area contributed by atoms with Crippen LogP contribution in [0.15, 0.2) is 88.2 Å². The van der Waals surface area contributed by atoms with Gasteiger partial charge >= 0.3 is 0 Å². The van der Waals surface area contributed by atoms with Crippen LogP contribution in [0.4, 0.5) is 10.1 Å². The van der Waals surface area contributed by atoms with Gasteiger partial charge in [0.05, 0.1) is 11.4 Å². The Hall–Kier alpha value is -2.55. The molecule has 3 rings (SSSR count). The molecule has 0 aliphatic heterocycles. The van der Waals surface area contributed by atoms with Crippen molar-refractivity contribution in [3.63, 3.8) is 0 Å². The van der Waals surface area contributed by atoms with E-state index in [1.807, 2.05) is 30.3 Å². The molecular weight excluding hydrogens is 471 g/mol. The molecule has 0 fully saturated rings. The van der Waals surface area contributed by atoms with E-state index in [4.69, 9.17) is 0 Å².